The smallest absolute Gasteiger partial charge is 0.314 e. The molecule has 0 N–H and O–H groups in total. The van der Waals surface area contributed by atoms with Gasteiger partial charge in [-0.1, -0.05) is 70.2 Å². The Morgan fingerprint density at radius 2 is 1.52 bits per heavy atom. The molecule has 0 spiro atoms. The molecule has 0 saturated carbocycles. The predicted octanol–water partition coefficient (Wildman–Crippen LogP) is 5.13. The third kappa shape index (κ3) is 5.06. The minimum absolute atomic E-state index is 0.00352. The molecule has 154 valence electrons. The fourth-order valence-corrected chi connectivity index (χ4v) is 3.66. The van der Waals surface area contributed by atoms with Gasteiger partial charge in [0.05, 0.1) is 25.6 Å². The van der Waals surface area contributed by atoms with Gasteiger partial charge in [0.15, 0.2) is 0 Å². The number of rotatable bonds is 8. The first kappa shape index (κ1) is 21.1. The molecular formula is C25H30O4. The molecular weight excluding hydrogens is 364 g/mol. The van der Waals surface area contributed by atoms with Crippen molar-refractivity contribution in [1.82, 2.24) is 0 Å². The van der Waals surface area contributed by atoms with Crippen molar-refractivity contribution in [3.63, 3.8) is 0 Å². The van der Waals surface area contributed by atoms with Crippen LogP contribution in [0.15, 0.2) is 42.5 Å². The Morgan fingerprint density at radius 3 is 2.24 bits per heavy atom. The van der Waals surface area contributed by atoms with E-state index in [-0.39, 0.29) is 30.2 Å². The molecule has 1 atom stereocenters. The number of benzene rings is 2. The molecule has 29 heavy (non-hydrogen) atoms. The molecule has 0 aromatic heterocycles. The molecule has 0 saturated heterocycles. The molecule has 1 aliphatic rings. The molecule has 0 heterocycles. The molecule has 2 aromatic rings. The Labute approximate surface area is 173 Å². The summed E-state index contributed by atoms with van der Waals surface area (Å²) in [7, 11) is 0. The number of fused-ring (bicyclic) bond motifs is 3. The van der Waals surface area contributed by atoms with Gasteiger partial charge in [-0.15, -0.1) is 0 Å². The van der Waals surface area contributed by atoms with Gasteiger partial charge >= 0.3 is 11.9 Å². The van der Waals surface area contributed by atoms with Gasteiger partial charge < -0.3 is 9.47 Å². The molecule has 0 aliphatic heterocycles. The standard InChI is InChI=1S/C25H30O4/c1-16(2)14-28-24(26)13-23(25(27)29-15-17(3)4)21-11-7-10-20-19-9-6-5-8-18(19)12-22(20)21/h5-11,16-17,23H,12-15H2,1-4H3. The second-order valence-electron chi connectivity index (χ2n) is 8.56. The van der Waals surface area contributed by atoms with Crippen molar-refractivity contribution in [3.05, 3.63) is 59.2 Å². The van der Waals surface area contributed by atoms with Gasteiger partial charge in [-0.2, -0.15) is 0 Å². The lowest BCUT2D eigenvalue weighted by molar-refractivity contribution is -0.153. The van der Waals surface area contributed by atoms with E-state index in [0.29, 0.717) is 13.2 Å². The zero-order chi connectivity index (χ0) is 21.0. The summed E-state index contributed by atoms with van der Waals surface area (Å²) in [5.74, 6) is -0.889. The van der Waals surface area contributed by atoms with E-state index in [2.05, 4.69) is 18.2 Å². The van der Waals surface area contributed by atoms with Gasteiger partial charge in [-0.25, -0.2) is 0 Å². The highest BCUT2D eigenvalue weighted by molar-refractivity contribution is 5.87. The van der Waals surface area contributed by atoms with Crippen LogP contribution < -0.4 is 0 Å². The SMILES string of the molecule is CC(C)COC(=O)CC(C(=O)OCC(C)C)c1cccc2c1Cc1ccccc1-2. The number of hydrogen-bond acceptors (Lipinski definition) is 4. The van der Waals surface area contributed by atoms with E-state index in [1.165, 1.54) is 11.1 Å². The van der Waals surface area contributed by atoms with Gasteiger partial charge in [-0.3, -0.25) is 9.59 Å². The lowest BCUT2D eigenvalue weighted by Crippen LogP contribution is -2.23. The summed E-state index contributed by atoms with van der Waals surface area (Å²) >= 11 is 0. The third-order valence-corrected chi connectivity index (χ3v) is 5.05. The lowest BCUT2D eigenvalue weighted by atomic mass is 9.89. The van der Waals surface area contributed by atoms with Crippen LogP contribution in [0.1, 0.15) is 56.7 Å². The first-order valence-electron chi connectivity index (χ1n) is 10.4. The van der Waals surface area contributed by atoms with E-state index in [9.17, 15) is 9.59 Å². The van der Waals surface area contributed by atoms with E-state index in [1.807, 2.05) is 52.0 Å². The fraction of sp³-hybridized carbons (Fsp3) is 0.440. The van der Waals surface area contributed by atoms with E-state index >= 15 is 0 Å². The van der Waals surface area contributed by atoms with Crippen molar-refractivity contribution in [2.75, 3.05) is 13.2 Å². The zero-order valence-corrected chi connectivity index (χ0v) is 17.7. The first-order valence-corrected chi connectivity index (χ1v) is 10.4. The highest BCUT2D eigenvalue weighted by atomic mass is 16.5. The summed E-state index contributed by atoms with van der Waals surface area (Å²) < 4.78 is 10.9. The highest BCUT2D eigenvalue weighted by Gasteiger charge is 2.31. The molecule has 1 unspecified atom stereocenters. The van der Waals surface area contributed by atoms with Gasteiger partial charge in [-0.05, 0) is 46.1 Å². The molecule has 4 nitrogen and oxygen atoms in total. The van der Waals surface area contributed by atoms with Gasteiger partial charge in [0.25, 0.3) is 0 Å². The first-order chi connectivity index (χ1) is 13.9. The van der Waals surface area contributed by atoms with E-state index in [1.54, 1.807) is 0 Å². The summed E-state index contributed by atoms with van der Waals surface area (Å²) in [5, 5.41) is 0. The van der Waals surface area contributed by atoms with Crippen molar-refractivity contribution in [3.8, 4) is 11.1 Å². The van der Waals surface area contributed by atoms with Crippen molar-refractivity contribution in [1.29, 1.82) is 0 Å². The average Bonchev–Trinajstić information content (AvgIpc) is 3.07. The normalized spacial score (nSPS) is 13.2. The predicted molar refractivity (Wildman–Crippen MR) is 114 cm³/mol. The van der Waals surface area contributed by atoms with Gasteiger partial charge in [0, 0.05) is 0 Å². The van der Waals surface area contributed by atoms with Crippen molar-refractivity contribution in [2.24, 2.45) is 11.8 Å². The summed E-state index contributed by atoms with van der Waals surface area (Å²) in [4.78, 5) is 25.4. The van der Waals surface area contributed by atoms with E-state index in [4.69, 9.17) is 9.47 Å². The number of carbonyl (C=O) groups is 2. The minimum atomic E-state index is -0.655. The zero-order valence-electron chi connectivity index (χ0n) is 17.7. The van der Waals surface area contributed by atoms with E-state index < -0.39 is 5.92 Å². The Kier molecular flexibility index (Phi) is 6.73. The van der Waals surface area contributed by atoms with Crippen molar-refractivity contribution >= 4 is 11.9 Å². The monoisotopic (exact) mass is 394 g/mol. The lowest BCUT2D eigenvalue weighted by Gasteiger charge is -2.20. The van der Waals surface area contributed by atoms with Crippen molar-refractivity contribution in [2.45, 2.75) is 46.5 Å². The molecule has 1 aliphatic carbocycles. The summed E-state index contributed by atoms with van der Waals surface area (Å²) in [5.41, 5.74) is 5.55. The number of esters is 2. The van der Waals surface area contributed by atoms with Gasteiger partial charge in [0.2, 0.25) is 0 Å². The fourth-order valence-electron chi connectivity index (χ4n) is 3.66. The third-order valence-electron chi connectivity index (χ3n) is 5.05. The van der Waals surface area contributed by atoms with Crippen LogP contribution in [0.4, 0.5) is 0 Å². The van der Waals surface area contributed by atoms with Crippen LogP contribution in [0.2, 0.25) is 0 Å². The van der Waals surface area contributed by atoms with E-state index in [0.717, 1.165) is 23.1 Å². The minimum Gasteiger partial charge on any atom is -0.465 e. The Morgan fingerprint density at radius 1 is 0.862 bits per heavy atom. The largest absolute Gasteiger partial charge is 0.465 e. The molecule has 0 amide bonds. The second-order valence-corrected chi connectivity index (χ2v) is 8.56. The maximum atomic E-state index is 13.0. The molecule has 0 radical (unpaired) electrons. The summed E-state index contributed by atoms with van der Waals surface area (Å²) in [6.45, 7) is 8.66. The number of carbonyl (C=O) groups excluding carboxylic acids is 2. The molecule has 4 heteroatoms. The number of ether oxygens (including phenoxy) is 2. The van der Waals surface area contributed by atoms with Crippen LogP contribution in [0.5, 0.6) is 0 Å². The van der Waals surface area contributed by atoms with Crippen LogP contribution in [0.3, 0.4) is 0 Å². The Hall–Kier alpha value is -2.62. The van der Waals surface area contributed by atoms with Crippen LogP contribution in [0, 0.1) is 11.8 Å². The van der Waals surface area contributed by atoms with Crippen LogP contribution in [-0.4, -0.2) is 25.2 Å². The molecule has 0 bridgehead atoms. The summed E-state index contributed by atoms with van der Waals surface area (Å²) in [6, 6.07) is 14.3. The quantitative estimate of drug-likeness (QED) is 0.497. The topological polar surface area (TPSA) is 52.6 Å². The maximum Gasteiger partial charge on any atom is 0.314 e. The van der Waals surface area contributed by atoms with Crippen LogP contribution >= 0.6 is 0 Å². The average molecular weight is 395 g/mol. The molecule has 0 fully saturated rings. The second kappa shape index (κ2) is 9.25. The highest BCUT2D eigenvalue weighted by Crippen LogP contribution is 2.41. The maximum absolute atomic E-state index is 13.0. The van der Waals surface area contributed by atoms with Crippen LogP contribution in [-0.2, 0) is 25.5 Å². The number of hydrogen-bond donors (Lipinski definition) is 0. The molecule has 3 rings (SSSR count). The van der Waals surface area contributed by atoms with Crippen molar-refractivity contribution < 1.29 is 19.1 Å². The molecule has 2 aromatic carbocycles. The Balaban J connectivity index is 1.90. The summed E-state index contributed by atoms with van der Waals surface area (Å²) in [6.07, 6.45) is 0.757. The van der Waals surface area contributed by atoms with Gasteiger partial charge in [0.1, 0.15) is 0 Å². The Bertz CT molecular complexity index is 882. The van der Waals surface area contributed by atoms with Crippen LogP contribution in [0.25, 0.3) is 11.1 Å².